The summed E-state index contributed by atoms with van der Waals surface area (Å²) >= 11 is 0. The summed E-state index contributed by atoms with van der Waals surface area (Å²) < 4.78 is 16.9. The number of hydrogen-bond acceptors (Lipinski definition) is 6. The molecule has 0 fully saturated rings. The van der Waals surface area contributed by atoms with Crippen LogP contribution in [0.25, 0.3) is 0 Å². The minimum absolute atomic E-state index is 0.0656. The fourth-order valence-electron chi connectivity index (χ4n) is 9.56. The van der Waals surface area contributed by atoms with Crippen LogP contribution in [0.1, 0.15) is 355 Å². The first-order valence-corrected chi connectivity index (χ1v) is 31.2. The van der Waals surface area contributed by atoms with Crippen LogP contribution < -0.4 is 0 Å². The molecular weight excluding hydrogens is 853 g/mol. The highest BCUT2D eigenvalue weighted by molar-refractivity contribution is 5.71. The van der Waals surface area contributed by atoms with Crippen LogP contribution in [0.5, 0.6) is 0 Å². The van der Waals surface area contributed by atoms with E-state index < -0.39 is 6.10 Å². The lowest BCUT2D eigenvalue weighted by atomic mass is 10.0. The van der Waals surface area contributed by atoms with E-state index in [1.54, 1.807) is 0 Å². The second-order valence-corrected chi connectivity index (χ2v) is 21.3. The predicted octanol–water partition coefficient (Wildman–Crippen LogP) is 20.9. The largest absolute Gasteiger partial charge is 0.462 e. The van der Waals surface area contributed by atoms with Crippen molar-refractivity contribution in [3.63, 3.8) is 0 Å². The monoisotopic (exact) mass is 973 g/mol. The van der Waals surface area contributed by atoms with E-state index in [1.807, 2.05) is 0 Å². The van der Waals surface area contributed by atoms with E-state index in [0.29, 0.717) is 19.3 Å². The fourth-order valence-corrected chi connectivity index (χ4v) is 9.56. The summed E-state index contributed by atoms with van der Waals surface area (Å²) in [6.45, 7) is 6.69. The zero-order valence-electron chi connectivity index (χ0n) is 46.9. The van der Waals surface area contributed by atoms with Gasteiger partial charge in [0, 0.05) is 19.3 Å². The van der Waals surface area contributed by atoms with Gasteiger partial charge in [0.2, 0.25) is 0 Å². The van der Waals surface area contributed by atoms with Crippen molar-refractivity contribution in [2.75, 3.05) is 13.2 Å². The minimum Gasteiger partial charge on any atom is -0.462 e. The Morgan fingerprint density at radius 3 is 0.725 bits per heavy atom. The number of unbranched alkanes of at least 4 members (excludes halogenated alkanes) is 45. The van der Waals surface area contributed by atoms with Crippen molar-refractivity contribution in [3.05, 3.63) is 12.2 Å². The molecule has 0 aliphatic heterocycles. The Hall–Kier alpha value is -1.85. The molecule has 0 radical (unpaired) electrons. The first-order chi connectivity index (χ1) is 34.0. The van der Waals surface area contributed by atoms with Gasteiger partial charge in [0.1, 0.15) is 13.2 Å². The zero-order valence-corrected chi connectivity index (χ0v) is 46.9. The maximum atomic E-state index is 12.9. The second-order valence-electron chi connectivity index (χ2n) is 21.3. The Labute approximate surface area is 431 Å². The molecule has 0 aromatic rings. The van der Waals surface area contributed by atoms with E-state index >= 15 is 0 Å². The highest BCUT2D eigenvalue weighted by atomic mass is 16.6. The van der Waals surface area contributed by atoms with Crippen molar-refractivity contribution in [2.45, 2.75) is 361 Å². The maximum absolute atomic E-state index is 12.9. The SMILES string of the molecule is CCCCCCCC/C=C\CCCCCCCCCC(=O)OC(COC(=O)CCCCCCCCCCCCC)COC(=O)CCCCCCCCCCCCCCCCCCCCCCCCC. The van der Waals surface area contributed by atoms with E-state index in [-0.39, 0.29) is 31.1 Å². The molecule has 69 heavy (non-hydrogen) atoms. The third-order valence-electron chi connectivity index (χ3n) is 14.3. The van der Waals surface area contributed by atoms with E-state index in [0.717, 1.165) is 57.8 Å². The summed E-state index contributed by atoms with van der Waals surface area (Å²) in [6, 6.07) is 0. The minimum atomic E-state index is -0.767. The van der Waals surface area contributed by atoms with Gasteiger partial charge in [-0.2, -0.15) is 0 Å². The van der Waals surface area contributed by atoms with Crippen molar-refractivity contribution in [1.82, 2.24) is 0 Å². The molecule has 408 valence electrons. The van der Waals surface area contributed by atoms with Gasteiger partial charge in [-0.05, 0) is 44.9 Å². The lowest BCUT2D eigenvalue weighted by molar-refractivity contribution is -0.167. The molecule has 0 aliphatic carbocycles. The Balaban J connectivity index is 4.21. The lowest BCUT2D eigenvalue weighted by Crippen LogP contribution is -2.30. The van der Waals surface area contributed by atoms with Crippen LogP contribution in [0.4, 0.5) is 0 Å². The molecule has 1 unspecified atom stereocenters. The van der Waals surface area contributed by atoms with E-state index in [1.165, 1.54) is 257 Å². The molecule has 6 nitrogen and oxygen atoms in total. The summed E-state index contributed by atoms with van der Waals surface area (Å²) in [6.07, 6.45) is 67.9. The van der Waals surface area contributed by atoms with Crippen molar-refractivity contribution < 1.29 is 28.6 Å². The van der Waals surface area contributed by atoms with Crippen molar-refractivity contribution in [2.24, 2.45) is 0 Å². The van der Waals surface area contributed by atoms with Gasteiger partial charge in [-0.3, -0.25) is 14.4 Å². The quantitative estimate of drug-likeness (QED) is 0.0261. The van der Waals surface area contributed by atoms with Crippen LogP contribution >= 0.6 is 0 Å². The molecular formula is C63H120O6. The summed E-state index contributed by atoms with van der Waals surface area (Å²) in [5.41, 5.74) is 0. The molecule has 0 saturated carbocycles. The smallest absolute Gasteiger partial charge is 0.306 e. The van der Waals surface area contributed by atoms with Gasteiger partial charge < -0.3 is 14.2 Å². The van der Waals surface area contributed by atoms with Crippen LogP contribution in [0.2, 0.25) is 0 Å². The van der Waals surface area contributed by atoms with Crippen molar-refractivity contribution in [1.29, 1.82) is 0 Å². The molecule has 0 amide bonds. The van der Waals surface area contributed by atoms with E-state index in [2.05, 4.69) is 32.9 Å². The Morgan fingerprint density at radius 1 is 0.275 bits per heavy atom. The molecule has 0 saturated heterocycles. The topological polar surface area (TPSA) is 78.9 Å². The third-order valence-corrected chi connectivity index (χ3v) is 14.3. The average Bonchev–Trinajstić information content (AvgIpc) is 3.35. The van der Waals surface area contributed by atoms with Gasteiger partial charge in [0.05, 0.1) is 0 Å². The molecule has 6 heteroatoms. The zero-order chi connectivity index (χ0) is 50.0. The van der Waals surface area contributed by atoms with E-state index in [9.17, 15) is 14.4 Å². The number of carbonyl (C=O) groups is 3. The highest BCUT2D eigenvalue weighted by Crippen LogP contribution is 2.18. The lowest BCUT2D eigenvalue weighted by Gasteiger charge is -2.18. The molecule has 0 bridgehead atoms. The highest BCUT2D eigenvalue weighted by Gasteiger charge is 2.19. The molecule has 0 aromatic heterocycles. The summed E-state index contributed by atoms with van der Waals surface area (Å²) in [7, 11) is 0. The molecule has 0 rings (SSSR count). The number of esters is 3. The number of hydrogen-bond donors (Lipinski definition) is 0. The molecule has 0 aliphatic rings. The van der Waals surface area contributed by atoms with Gasteiger partial charge in [-0.25, -0.2) is 0 Å². The van der Waals surface area contributed by atoms with Crippen LogP contribution in [0, 0.1) is 0 Å². The van der Waals surface area contributed by atoms with Gasteiger partial charge >= 0.3 is 17.9 Å². The van der Waals surface area contributed by atoms with Gasteiger partial charge in [-0.15, -0.1) is 0 Å². The number of ether oxygens (including phenoxy) is 3. The van der Waals surface area contributed by atoms with Crippen LogP contribution in [0.15, 0.2) is 12.2 Å². The van der Waals surface area contributed by atoms with Crippen molar-refractivity contribution >= 4 is 17.9 Å². The van der Waals surface area contributed by atoms with Gasteiger partial charge in [0.25, 0.3) is 0 Å². The van der Waals surface area contributed by atoms with Crippen LogP contribution in [-0.4, -0.2) is 37.2 Å². The summed E-state index contributed by atoms with van der Waals surface area (Å²) in [5.74, 6) is -0.844. The van der Waals surface area contributed by atoms with E-state index in [4.69, 9.17) is 14.2 Å². The number of carbonyl (C=O) groups excluding carboxylic acids is 3. The molecule has 0 aromatic carbocycles. The predicted molar refractivity (Wildman–Crippen MR) is 298 cm³/mol. The standard InChI is InChI=1S/C63H120O6/c1-4-7-10-13-16-19-22-24-26-28-29-30-31-32-33-35-36-38-41-44-47-50-53-56-62(65)68-59-60(58-67-61(64)55-52-49-46-43-40-21-18-15-12-9-6-3)69-63(66)57-54-51-48-45-42-39-37-34-27-25-23-20-17-14-11-8-5-2/h25,27,60H,4-24,26,28-59H2,1-3H3/b27-25-. The third kappa shape index (κ3) is 56.9. The molecule has 1 atom stereocenters. The van der Waals surface area contributed by atoms with Crippen LogP contribution in [0.3, 0.4) is 0 Å². The average molecular weight is 974 g/mol. The van der Waals surface area contributed by atoms with Gasteiger partial charge in [-0.1, -0.05) is 303 Å². The number of rotatable bonds is 58. The van der Waals surface area contributed by atoms with Crippen molar-refractivity contribution in [3.8, 4) is 0 Å². The summed E-state index contributed by atoms with van der Waals surface area (Å²) in [5, 5.41) is 0. The number of allylic oxidation sites excluding steroid dienone is 2. The molecule has 0 N–H and O–H groups in total. The Bertz CT molecular complexity index is 1070. The molecule has 0 spiro atoms. The summed E-state index contributed by atoms with van der Waals surface area (Å²) in [4.78, 5) is 38.2. The normalized spacial score (nSPS) is 12.0. The first-order valence-electron chi connectivity index (χ1n) is 31.2. The Morgan fingerprint density at radius 2 is 0.478 bits per heavy atom. The fraction of sp³-hybridized carbons (Fsp3) is 0.921. The second kappa shape index (κ2) is 58.7. The maximum Gasteiger partial charge on any atom is 0.306 e. The Kier molecular flexibility index (Phi) is 57.1. The molecule has 0 heterocycles. The van der Waals surface area contributed by atoms with Gasteiger partial charge in [0.15, 0.2) is 6.10 Å². The van der Waals surface area contributed by atoms with Crippen LogP contribution in [-0.2, 0) is 28.6 Å². The first kappa shape index (κ1) is 67.1.